The third-order valence-corrected chi connectivity index (χ3v) is 4.10. The Morgan fingerprint density at radius 2 is 2.17 bits per heavy atom. The van der Waals surface area contributed by atoms with Gasteiger partial charge in [0.15, 0.2) is 5.82 Å². The third kappa shape index (κ3) is 3.19. The quantitative estimate of drug-likeness (QED) is 0.633. The van der Waals surface area contributed by atoms with Gasteiger partial charge < -0.3 is 15.6 Å². The minimum absolute atomic E-state index is 0.0832. The van der Waals surface area contributed by atoms with Gasteiger partial charge in [0.25, 0.3) is 11.6 Å². The molecule has 0 unspecified atom stereocenters. The van der Waals surface area contributed by atoms with E-state index in [1.54, 1.807) is 0 Å². The minimum atomic E-state index is -0.721. The summed E-state index contributed by atoms with van der Waals surface area (Å²) in [6, 6.07) is 3.99. The van der Waals surface area contributed by atoms with Gasteiger partial charge in [0.2, 0.25) is 0 Å². The van der Waals surface area contributed by atoms with Crippen molar-refractivity contribution in [3.8, 4) is 0 Å². The van der Waals surface area contributed by atoms with E-state index in [1.165, 1.54) is 24.6 Å². The molecule has 1 amide bonds. The Balaban J connectivity index is 1.81. The first-order chi connectivity index (χ1) is 11.6. The second-order valence-corrected chi connectivity index (χ2v) is 5.70. The van der Waals surface area contributed by atoms with Crippen LogP contribution in [0.5, 0.6) is 0 Å². The van der Waals surface area contributed by atoms with Gasteiger partial charge in [-0.2, -0.15) is 0 Å². The third-order valence-electron chi connectivity index (χ3n) is 4.10. The molecule has 3 rings (SSSR count). The van der Waals surface area contributed by atoms with E-state index in [2.05, 4.69) is 20.1 Å². The van der Waals surface area contributed by atoms with Crippen LogP contribution in [0.1, 0.15) is 41.3 Å². The first kappa shape index (κ1) is 15.9. The standard InChI is InChI=1S/C15H18N6O3/c16-15(22)11-8-10(21(23)24)5-6-12(11)17-9-14-19-18-13-4-2-1-3-7-20(13)14/h5-6,8,17H,1-4,7,9H2,(H2,16,22). The Hall–Kier alpha value is -2.97. The smallest absolute Gasteiger partial charge is 0.270 e. The maximum absolute atomic E-state index is 11.6. The number of carbonyl (C=O) groups is 1. The number of hydrogen-bond acceptors (Lipinski definition) is 6. The molecule has 0 radical (unpaired) electrons. The molecule has 9 heteroatoms. The molecule has 1 aliphatic heterocycles. The van der Waals surface area contributed by atoms with Crippen LogP contribution in [0.4, 0.5) is 11.4 Å². The number of non-ortho nitro benzene ring substituents is 1. The summed E-state index contributed by atoms with van der Waals surface area (Å²) in [5.41, 5.74) is 5.68. The zero-order chi connectivity index (χ0) is 17.1. The number of rotatable bonds is 5. The molecule has 2 aromatic rings. The molecule has 9 nitrogen and oxygen atoms in total. The summed E-state index contributed by atoms with van der Waals surface area (Å²) < 4.78 is 2.09. The van der Waals surface area contributed by atoms with Crippen molar-refractivity contribution in [1.82, 2.24) is 14.8 Å². The number of anilines is 1. The van der Waals surface area contributed by atoms with E-state index in [0.29, 0.717) is 12.2 Å². The monoisotopic (exact) mass is 330 g/mol. The average molecular weight is 330 g/mol. The van der Waals surface area contributed by atoms with Crippen molar-refractivity contribution in [1.29, 1.82) is 0 Å². The number of benzene rings is 1. The predicted molar refractivity (Wildman–Crippen MR) is 86.5 cm³/mol. The number of aromatic nitrogens is 3. The summed E-state index contributed by atoms with van der Waals surface area (Å²) >= 11 is 0. The van der Waals surface area contributed by atoms with E-state index < -0.39 is 10.8 Å². The molecule has 0 bridgehead atoms. The Kier molecular flexibility index (Phi) is 4.41. The van der Waals surface area contributed by atoms with Crippen LogP contribution in [-0.4, -0.2) is 25.6 Å². The molecule has 0 atom stereocenters. The highest BCUT2D eigenvalue weighted by Gasteiger charge is 2.17. The molecule has 0 spiro atoms. The first-order valence-corrected chi connectivity index (χ1v) is 7.79. The molecule has 0 aliphatic carbocycles. The van der Waals surface area contributed by atoms with Crippen LogP contribution in [0.15, 0.2) is 18.2 Å². The second-order valence-electron chi connectivity index (χ2n) is 5.70. The first-order valence-electron chi connectivity index (χ1n) is 7.79. The van der Waals surface area contributed by atoms with Gasteiger partial charge in [-0.3, -0.25) is 14.9 Å². The number of nitrogens with one attached hydrogen (secondary N) is 1. The van der Waals surface area contributed by atoms with Crippen molar-refractivity contribution in [3.63, 3.8) is 0 Å². The van der Waals surface area contributed by atoms with E-state index in [9.17, 15) is 14.9 Å². The van der Waals surface area contributed by atoms with E-state index in [1.807, 2.05) is 0 Å². The normalized spacial score (nSPS) is 13.8. The van der Waals surface area contributed by atoms with Crippen molar-refractivity contribution in [2.24, 2.45) is 5.73 Å². The van der Waals surface area contributed by atoms with Crippen LogP contribution in [0.3, 0.4) is 0 Å². The van der Waals surface area contributed by atoms with E-state index >= 15 is 0 Å². The van der Waals surface area contributed by atoms with Crippen molar-refractivity contribution < 1.29 is 9.72 Å². The predicted octanol–water partition coefficient (Wildman–Crippen LogP) is 1.62. The molecule has 0 saturated carbocycles. The number of primary amides is 1. The van der Waals surface area contributed by atoms with Gasteiger partial charge in [-0.25, -0.2) is 0 Å². The molecule has 2 heterocycles. The van der Waals surface area contributed by atoms with Crippen LogP contribution in [0.2, 0.25) is 0 Å². The van der Waals surface area contributed by atoms with Crippen LogP contribution in [-0.2, 0) is 19.5 Å². The number of hydrogen-bond donors (Lipinski definition) is 2. The summed E-state index contributed by atoms with van der Waals surface area (Å²) in [7, 11) is 0. The van der Waals surface area contributed by atoms with E-state index in [-0.39, 0.29) is 11.3 Å². The zero-order valence-electron chi connectivity index (χ0n) is 13.1. The molecule has 0 saturated heterocycles. The summed E-state index contributed by atoms with van der Waals surface area (Å²) in [4.78, 5) is 21.8. The SMILES string of the molecule is NC(=O)c1cc([N+](=O)[O-])ccc1NCc1nnc2n1CCCCC2. The van der Waals surface area contributed by atoms with E-state index in [4.69, 9.17) is 5.73 Å². The number of carbonyl (C=O) groups excluding carboxylic acids is 1. The number of fused-ring (bicyclic) bond motifs is 1. The Morgan fingerprint density at radius 3 is 2.92 bits per heavy atom. The Bertz CT molecular complexity index is 786. The lowest BCUT2D eigenvalue weighted by atomic mass is 10.1. The van der Waals surface area contributed by atoms with Gasteiger partial charge in [-0.15, -0.1) is 10.2 Å². The number of nitrogens with zero attached hydrogens (tertiary/aromatic N) is 4. The van der Waals surface area contributed by atoms with Gasteiger partial charge in [0.05, 0.1) is 17.0 Å². The molecule has 0 fully saturated rings. The van der Waals surface area contributed by atoms with Crippen molar-refractivity contribution in [2.75, 3.05) is 5.32 Å². The number of nitrogens with two attached hydrogens (primary N) is 1. The minimum Gasteiger partial charge on any atom is -0.377 e. The van der Waals surface area contributed by atoms with Gasteiger partial charge in [-0.05, 0) is 18.9 Å². The molecule has 3 N–H and O–H groups in total. The Labute approximate surface area is 138 Å². The summed E-state index contributed by atoms with van der Waals surface area (Å²) in [6.45, 7) is 1.24. The fourth-order valence-corrected chi connectivity index (χ4v) is 2.85. The molecule has 1 aromatic heterocycles. The summed E-state index contributed by atoms with van der Waals surface area (Å²) in [6.07, 6.45) is 4.28. The van der Waals surface area contributed by atoms with Gasteiger partial charge >= 0.3 is 0 Å². The fourth-order valence-electron chi connectivity index (χ4n) is 2.85. The van der Waals surface area contributed by atoms with E-state index in [0.717, 1.165) is 37.5 Å². The van der Waals surface area contributed by atoms with Crippen LogP contribution in [0, 0.1) is 10.1 Å². The molecule has 1 aromatic carbocycles. The lowest BCUT2D eigenvalue weighted by molar-refractivity contribution is -0.384. The number of nitro benzene ring substituents is 1. The summed E-state index contributed by atoms with van der Waals surface area (Å²) in [5, 5.41) is 22.3. The Morgan fingerprint density at radius 1 is 1.33 bits per heavy atom. The van der Waals surface area contributed by atoms with Crippen molar-refractivity contribution >= 4 is 17.3 Å². The summed E-state index contributed by atoms with van der Waals surface area (Å²) in [5.74, 6) is 1.03. The highest BCUT2D eigenvalue weighted by molar-refractivity contribution is 5.99. The number of nitro groups is 1. The van der Waals surface area contributed by atoms with Crippen molar-refractivity contribution in [3.05, 3.63) is 45.5 Å². The maximum atomic E-state index is 11.6. The van der Waals surface area contributed by atoms with Crippen LogP contribution >= 0.6 is 0 Å². The molecule has 126 valence electrons. The average Bonchev–Trinajstić information content (AvgIpc) is 2.79. The lowest BCUT2D eigenvalue weighted by Gasteiger charge is -2.11. The second kappa shape index (κ2) is 6.65. The highest BCUT2D eigenvalue weighted by atomic mass is 16.6. The number of amides is 1. The van der Waals surface area contributed by atoms with Crippen LogP contribution in [0.25, 0.3) is 0 Å². The number of aryl methyl sites for hydroxylation is 1. The largest absolute Gasteiger partial charge is 0.377 e. The molecular formula is C15H18N6O3. The van der Waals surface area contributed by atoms with Gasteiger partial charge in [0, 0.05) is 30.8 Å². The molecular weight excluding hydrogens is 312 g/mol. The topological polar surface area (TPSA) is 129 Å². The van der Waals surface area contributed by atoms with Crippen molar-refractivity contribution in [2.45, 2.75) is 38.8 Å². The highest BCUT2D eigenvalue weighted by Crippen LogP contribution is 2.23. The molecule has 24 heavy (non-hydrogen) atoms. The maximum Gasteiger partial charge on any atom is 0.270 e. The zero-order valence-corrected chi connectivity index (χ0v) is 13.1. The van der Waals surface area contributed by atoms with Gasteiger partial charge in [0.1, 0.15) is 5.82 Å². The van der Waals surface area contributed by atoms with Gasteiger partial charge in [-0.1, -0.05) is 6.42 Å². The fraction of sp³-hybridized carbons (Fsp3) is 0.400. The lowest BCUT2D eigenvalue weighted by Crippen LogP contribution is -2.16. The van der Waals surface area contributed by atoms with Crippen LogP contribution < -0.4 is 11.1 Å². The molecule has 1 aliphatic rings.